The molecule has 6 heteroatoms. The highest BCUT2D eigenvalue weighted by molar-refractivity contribution is 9.10. The molecule has 20 heavy (non-hydrogen) atoms. The van der Waals surface area contributed by atoms with Gasteiger partial charge in [0.1, 0.15) is 0 Å². The van der Waals surface area contributed by atoms with Gasteiger partial charge in [0.15, 0.2) is 0 Å². The number of benzene rings is 1. The second kappa shape index (κ2) is 6.85. The van der Waals surface area contributed by atoms with Crippen LogP contribution in [0.25, 0.3) is 0 Å². The molecule has 2 rings (SSSR count). The van der Waals surface area contributed by atoms with Crippen molar-refractivity contribution in [3.8, 4) is 0 Å². The zero-order valence-electron chi connectivity index (χ0n) is 11.3. The molecule has 0 spiro atoms. The fraction of sp³-hybridized carbons (Fsp3) is 0.429. The Hall–Kier alpha value is -1.40. The van der Waals surface area contributed by atoms with Crippen LogP contribution in [0, 0.1) is 12.8 Å². The molecule has 1 aliphatic heterocycles. The molecule has 0 bridgehead atoms. The Labute approximate surface area is 126 Å². The molecule has 1 unspecified atom stereocenters. The maximum Gasteiger partial charge on any atom is 0.243 e. The fourth-order valence-corrected chi connectivity index (χ4v) is 2.36. The molecule has 108 valence electrons. The number of rotatable bonds is 4. The summed E-state index contributed by atoms with van der Waals surface area (Å²) in [6, 6.07) is 5.58. The van der Waals surface area contributed by atoms with Crippen molar-refractivity contribution in [3.05, 3.63) is 28.2 Å². The highest BCUT2D eigenvalue weighted by Crippen LogP contribution is 2.19. The van der Waals surface area contributed by atoms with Gasteiger partial charge >= 0.3 is 0 Å². The van der Waals surface area contributed by atoms with Crippen LogP contribution in [0.1, 0.15) is 12.0 Å². The molecule has 5 nitrogen and oxygen atoms in total. The zero-order chi connectivity index (χ0) is 14.5. The minimum Gasteiger partial charge on any atom is -0.347 e. The smallest absolute Gasteiger partial charge is 0.243 e. The fourth-order valence-electron chi connectivity index (χ4n) is 2.12. The summed E-state index contributed by atoms with van der Waals surface area (Å²) >= 11 is 3.41. The standard InChI is InChI=1S/C14H18BrN3O2/c1-9-6-11(2-3-12(9)15)18-13(19)8-17-14(20)10-4-5-16-7-10/h2-3,6,10,16H,4-5,7-8H2,1H3,(H,17,20)(H,18,19). The lowest BCUT2D eigenvalue weighted by Crippen LogP contribution is -2.37. The molecule has 1 aromatic rings. The lowest BCUT2D eigenvalue weighted by molar-refractivity contribution is -0.126. The van der Waals surface area contributed by atoms with Crippen LogP contribution in [0.5, 0.6) is 0 Å². The van der Waals surface area contributed by atoms with Crippen LogP contribution in [-0.2, 0) is 9.59 Å². The minimum absolute atomic E-state index is 0.00441. The topological polar surface area (TPSA) is 70.2 Å². The van der Waals surface area contributed by atoms with Gasteiger partial charge in [-0.05, 0) is 43.7 Å². The number of aryl methyl sites for hydroxylation is 1. The predicted octanol–water partition coefficient (Wildman–Crippen LogP) is 1.42. The maximum atomic E-state index is 11.8. The van der Waals surface area contributed by atoms with Crippen molar-refractivity contribution in [3.63, 3.8) is 0 Å². The van der Waals surface area contributed by atoms with Crippen molar-refractivity contribution in [2.45, 2.75) is 13.3 Å². The Balaban J connectivity index is 1.80. The number of hydrogen-bond donors (Lipinski definition) is 3. The average Bonchev–Trinajstić information content (AvgIpc) is 2.94. The number of halogens is 1. The van der Waals surface area contributed by atoms with Crippen LogP contribution < -0.4 is 16.0 Å². The maximum absolute atomic E-state index is 11.8. The van der Waals surface area contributed by atoms with E-state index in [0.717, 1.165) is 28.7 Å². The van der Waals surface area contributed by atoms with Gasteiger partial charge in [0, 0.05) is 16.7 Å². The Morgan fingerprint density at radius 2 is 2.25 bits per heavy atom. The molecular weight excluding hydrogens is 322 g/mol. The van der Waals surface area contributed by atoms with Crippen LogP contribution in [0.3, 0.4) is 0 Å². The minimum atomic E-state index is -0.217. The Morgan fingerprint density at radius 3 is 2.90 bits per heavy atom. The third-order valence-corrected chi connectivity index (χ3v) is 4.19. The van der Waals surface area contributed by atoms with E-state index in [4.69, 9.17) is 0 Å². The summed E-state index contributed by atoms with van der Waals surface area (Å²) in [5.74, 6) is -0.291. The molecule has 1 saturated heterocycles. The van der Waals surface area contributed by atoms with E-state index in [2.05, 4.69) is 31.9 Å². The summed E-state index contributed by atoms with van der Waals surface area (Å²) in [6.07, 6.45) is 0.833. The monoisotopic (exact) mass is 339 g/mol. The first-order valence-corrected chi connectivity index (χ1v) is 7.40. The molecule has 1 fully saturated rings. The van der Waals surface area contributed by atoms with Crippen LogP contribution in [0.2, 0.25) is 0 Å². The summed E-state index contributed by atoms with van der Waals surface area (Å²) in [4.78, 5) is 23.5. The Morgan fingerprint density at radius 1 is 1.45 bits per heavy atom. The lowest BCUT2D eigenvalue weighted by Gasteiger charge is -2.10. The van der Waals surface area contributed by atoms with Crippen LogP contribution in [0.4, 0.5) is 5.69 Å². The summed E-state index contributed by atoms with van der Waals surface area (Å²) in [5.41, 5.74) is 1.77. The quantitative estimate of drug-likeness (QED) is 0.777. The first kappa shape index (κ1) is 15.0. The van der Waals surface area contributed by atoms with E-state index in [1.165, 1.54) is 0 Å². The number of carbonyl (C=O) groups excluding carboxylic acids is 2. The van der Waals surface area contributed by atoms with Gasteiger partial charge in [0.05, 0.1) is 12.5 Å². The van der Waals surface area contributed by atoms with Gasteiger partial charge in [0.25, 0.3) is 0 Å². The van der Waals surface area contributed by atoms with Gasteiger partial charge in [-0.25, -0.2) is 0 Å². The predicted molar refractivity (Wildman–Crippen MR) is 81.5 cm³/mol. The Kier molecular flexibility index (Phi) is 5.14. The molecule has 1 atom stereocenters. The van der Waals surface area contributed by atoms with E-state index < -0.39 is 0 Å². The van der Waals surface area contributed by atoms with Crippen molar-refractivity contribution in [2.24, 2.45) is 5.92 Å². The number of amides is 2. The SMILES string of the molecule is Cc1cc(NC(=O)CNC(=O)C2CCNC2)ccc1Br. The molecule has 1 heterocycles. The second-order valence-corrected chi connectivity index (χ2v) is 5.77. The molecule has 1 aliphatic rings. The van der Waals surface area contributed by atoms with Crippen molar-refractivity contribution in [1.82, 2.24) is 10.6 Å². The normalized spacial score (nSPS) is 17.8. The molecule has 0 aliphatic carbocycles. The molecular formula is C14H18BrN3O2. The number of hydrogen-bond acceptors (Lipinski definition) is 3. The number of anilines is 1. The zero-order valence-corrected chi connectivity index (χ0v) is 12.9. The van der Waals surface area contributed by atoms with Gasteiger partial charge in [-0.1, -0.05) is 15.9 Å². The molecule has 3 N–H and O–H groups in total. The summed E-state index contributed by atoms with van der Waals surface area (Å²) < 4.78 is 0.998. The van der Waals surface area contributed by atoms with E-state index in [1.54, 1.807) is 0 Å². The van der Waals surface area contributed by atoms with Gasteiger partial charge in [-0.3, -0.25) is 9.59 Å². The molecule has 2 amide bonds. The number of carbonyl (C=O) groups is 2. The highest BCUT2D eigenvalue weighted by atomic mass is 79.9. The van der Waals surface area contributed by atoms with Crippen LogP contribution in [-0.4, -0.2) is 31.4 Å². The largest absolute Gasteiger partial charge is 0.347 e. The summed E-state index contributed by atoms with van der Waals surface area (Å²) in [7, 11) is 0. The van der Waals surface area contributed by atoms with Crippen LogP contribution >= 0.6 is 15.9 Å². The van der Waals surface area contributed by atoms with E-state index in [0.29, 0.717) is 6.54 Å². The Bertz CT molecular complexity index is 513. The second-order valence-electron chi connectivity index (χ2n) is 4.92. The molecule has 0 radical (unpaired) electrons. The van der Waals surface area contributed by atoms with E-state index in [9.17, 15) is 9.59 Å². The van der Waals surface area contributed by atoms with Gasteiger partial charge in [0.2, 0.25) is 11.8 Å². The lowest BCUT2D eigenvalue weighted by atomic mass is 10.1. The average molecular weight is 340 g/mol. The van der Waals surface area contributed by atoms with E-state index in [-0.39, 0.29) is 24.3 Å². The molecule has 1 aromatic carbocycles. The van der Waals surface area contributed by atoms with Gasteiger partial charge < -0.3 is 16.0 Å². The number of nitrogens with one attached hydrogen (secondary N) is 3. The first-order valence-electron chi connectivity index (χ1n) is 6.60. The third-order valence-electron chi connectivity index (χ3n) is 3.30. The van der Waals surface area contributed by atoms with Crippen molar-refractivity contribution < 1.29 is 9.59 Å². The summed E-state index contributed by atoms with van der Waals surface area (Å²) in [6.45, 7) is 3.51. The first-order chi connectivity index (χ1) is 9.56. The van der Waals surface area contributed by atoms with Crippen molar-refractivity contribution >= 4 is 33.4 Å². The molecule has 0 aromatic heterocycles. The van der Waals surface area contributed by atoms with E-state index >= 15 is 0 Å². The van der Waals surface area contributed by atoms with Crippen molar-refractivity contribution in [1.29, 1.82) is 0 Å². The highest BCUT2D eigenvalue weighted by Gasteiger charge is 2.22. The van der Waals surface area contributed by atoms with Crippen LogP contribution in [0.15, 0.2) is 22.7 Å². The van der Waals surface area contributed by atoms with Gasteiger partial charge in [-0.2, -0.15) is 0 Å². The van der Waals surface area contributed by atoms with Gasteiger partial charge in [-0.15, -0.1) is 0 Å². The molecule has 0 saturated carbocycles. The van der Waals surface area contributed by atoms with Crippen molar-refractivity contribution in [2.75, 3.05) is 25.0 Å². The summed E-state index contributed by atoms with van der Waals surface area (Å²) in [5, 5.41) is 8.56. The third kappa shape index (κ3) is 4.05. The van der Waals surface area contributed by atoms with E-state index in [1.807, 2.05) is 25.1 Å².